The van der Waals surface area contributed by atoms with Crippen molar-refractivity contribution in [3.05, 3.63) is 23.1 Å². The van der Waals surface area contributed by atoms with E-state index in [4.69, 9.17) is 9.31 Å². The SMILES string of the molecule is CC/C(O)=C\C(B1OC(C)(C)C(C)(C)O1)=C(\O)CC. The zero-order chi connectivity index (χ0) is 14.8. The minimum atomic E-state index is -0.654. The lowest BCUT2D eigenvalue weighted by Gasteiger charge is -2.32. The van der Waals surface area contributed by atoms with Crippen LogP contribution >= 0.6 is 0 Å². The Morgan fingerprint density at radius 1 is 1.00 bits per heavy atom. The summed E-state index contributed by atoms with van der Waals surface area (Å²) in [5.74, 6) is 0.378. The average Bonchev–Trinajstić information content (AvgIpc) is 2.53. The Balaban J connectivity index is 3.11. The summed E-state index contributed by atoms with van der Waals surface area (Å²) in [5.41, 5.74) is -0.431. The van der Waals surface area contributed by atoms with E-state index in [2.05, 4.69) is 0 Å². The van der Waals surface area contributed by atoms with Gasteiger partial charge in [-0.1, -0.05) is 13.8 Å². The minimum Gasteiger partial charge on any atom is -0.513 e. The maximum Gasteiger partial charge on any atom is 0.498 e. The van der Waals surface area contributed by atoms with Crippen molar-refractivity contribution in [2.45, 2.75) is 65.6 Å². The summed E-state index contributed by atoms with van der Waals surface area (Å²) in [7, 11) is -0.654. The summed E-state index contributed by atoms with van der Waals surface area (Å²) in [6, 6.07) is 0. The predicted molar refractivity (Wildman–Crippen MR) is 77.0 cm³/mol. The summed E-state index contributed by atoms with van der Waals surface area (Å²) >= 11 is 0. The fourth-order valence-corrected chi connectivity index (χ4v) is 1.74. The second-order valence-corrected chi connectivity index (χ2v) is 5.83. The fraction of sp³-hybridized carbons (Fsp3) is 0.714. The Hall–Kier alpha value is -0.935. The molecular formula is C14H25BO4. The highest BCUT2D eigenvalue weighted by molar-refractivity contribution is 6.55. The molecule has 0 saturated carbocycles. The molecule has 0 aromatic rings. The first kappa shape index (κ1) is 16.1. The molecule has 5 heteroatoms. The Morgan fingerprint density at radius 3 is 1.84 bits per heavy atom. The van der Waals surface area contributed by atoms with Gasteiger partial charge in [0, 0.05) is 18.3 Å². The molecule has 0 atom stereocenters. The molecule has 0 aliphatic carbocycles. The van der Waals surface area contributed by atoms with Crippen LogP contribution in [0.3, 0.4) is 0 Å². The number of hydrogen-bond donors (Lipinski definition) is 2. The molecule has 0 unspecified atom stereocenters. The molecule has 1 fully saturated rings. The molecule has 1 rings (SSSR count). The second kappa shape index (κ2) is 5.59. The highest BCUT2D eigenvalue weighted by Gasteiger charge is 2.52. The number of hydrogen-bond acceptors (Lipinski definition) is 4. The largest absolute Gasteiger partial charge is 0.513 e. The van der Waals surface area contributed by atoms with Gasteiger partial charge in [0.2, 0.25) is 0 Å². The first-order valence-corrected chi connectivity index (χ1v) is 6.81. The van der Waals surface area contributed by atoms with Crippen molar-refractivity contribution in [1.29, 1.82) is 0 Å². The molecule has 0 amide bonds. The summed E-state index contributed by atoms with van der Waals surface area (Å²) in [5, 5.41) is 19.7. The van der Waals surface area contributed by atoms with Gasteiger partial charge in [-0.3, -0.25) is 0 Å². The highest BCUT2D eigenvalue weighted by Crippen LogP contribution is 2.39. The van der Waals surface area contributed by atoms with Crippen LogP contribution in [-0.2, 0) is 9.31 Å². The van der Waals surface area contributed by atoms with Crippen molar-refractivity contribution >= 4 is 7.12 Å². The van der Waals surface area contributed by atoms with Crippen LogP contribution in [0.2, 0.25) is 0 Å². The molecule has 4 nitrogen and oxygen atoms in total. The van der Waals surface area contributed by atoms with Crippen LogP contribution in [0, 0.1) is 0 Å². The number of aliphatic hydroxyl groups excluding tert-OH is 2. The Morgan fingerprint density at radius 2 is 1.47 bits per heavy atom. The number of allylic oxidation sites excluding steroid dienone is 4. The van der Waals surface area contributed by atoms with E-state index in [0.29, 0.717) is 18.3 Å². The molecule has 19 heavy (non-hydrogen) atoms. The summed E-state index contributed by atoms with van der Waals surface area (Å²) < 4.78 is 11.8. The van der Waals surface area contributed by atoms with Crippen molar-refractivity contribution in [2.24, 2.45) is 0 Å². The van der Waals surface area contributed by atoms with Gasteiger partial charge in [-0.25, -0.2) is 0 Å². The van der Waals surface area contributed by atoms with Crippen LogP contribution in [0.5, 0.6) is 0 Å². The zero-order valence-electron chi connectivity index (χ0n) is 12.8. The van der Waals surface area contributed by atoms with Gasteiger partial charge in [-0.15, -0.1) is 0 Å². The van der Waals surface area contributed by atoms with Gasteiger partial charge in [-0.05, 0) is 33.8 Å². The first-order chi connectivity index (χ1) is 8.64. The normalized spacial score (nSPS) is 23.5. The summed E-state index contributed by atoms with van der Waals surface area (Å²) in [4.78, 5) is 0. The maximum atomic E-state index is 10.0. The standard InChI is InChI=1S/C14H25BO4/c1-7-10(16)9-11(12(17)8-2)15-18-13(3,4)14(5,6)19-15/h9,16-17H,7-8H2,1-6H3/b10-9+,12-11-. The third-order valence-corrected chi connectivity index (χ3v) is 3.86. The molecule has 0 aromatic heterocycles. The highest BCUT2D eigenvalue weighted by atomic mass is 16.7. The number of aliphatic hydroxyl groups is 2. The average molecular weight is 268 g/mol. The van der Waals surface area contributed by atoms with Crippen LogP contribution in [0.25, 0.3) is 0 Å². The van der Waals surface area contributed by atoms with Gasteiger partial charge in [0.1, 0.15) is 0 Å². The van der Waals surface area contributed by atoms with E-state index in [9.17, 15) is 10.2 Å². The monoisotopic (exact) mass is 268 g/mol. The smallest absolute Gasteiger partial charge is 0.498 e. The Labute approximate surface area is 116 Å². The van der Waals surface area contributed by atoms with Gasteiger partial charge in [-0.2, -0.15) is 0 Å². The van der Waals surface area contributed by atoms with Crippen molar-refractivity contribution < 1.29 is 19.5 Å². The quantitative estimate of drug-likeness (QED) is 0.463. The predicted octanol–water partition coefficient (Wildman–Crippen LogP) is 3.69. The zero-order valence-corrected chi connectivity index (χ0v) is 12.8. The number of rotatable bonds is 4. The van der Waals surface area contributed by atoms with E-state index in [1.807, 2.05) is 41.5 Å². The lowest BCUT2D eigenvalue weighted by Crippen LogP contribution is -2.41. The van der Waals surface area contributed by atoms with Crippen molar-refractivity contribution in [3.63, 3.8) is 0 Å². The van der Waals surface area contributed by atoms with Gasteiger partial charge in [0.05, 0.1) is 22.7 Å². The van der Waals surface area contributed by atoms with Crippen LogP contribution in [0.15, 0.2) is 23.1 Å². The molecule has 1 aliphatic heterocycles. The molecule has 1 heterocycles. The van der Waals surface area contributed by atoms with E-state index in [-0.39, 0.29) is 11.5 Å². The molecule has 1 saturated heterocycles. The molecule has 0 aromatic carbocycles. The Kier molecular flexibility index (Phi) is 4.74. The van der Waals surface area contributed by atoms with Gasteiger partial charge < -0.3 is 19.5 Å². The van der Waals surface area contributed by atoms with E-state index >= 15 is 0 Å². The third kappa shape index (κ3) is 3.34. The first-order valence-electron chi connectivity index (χ1n) is 6.81. The Bertz CT molecular complexity index is 380. The summed E-state index contributed by atoms with van der Waals surface area (Å²) in [6.45, 7) is 11.5. The summed E-state index contributed by atoms with van der Waals surface area (Å²) in [6.07, 6.45) is 2.51. The molecule has 2 N–H and O–H groups in total. The van der Waals surface area contributed by atoms with E-state index in [0.717, 1.165) is 0 Å². The third-order valence-electron chi connectivity index (χ3n) is 3.86. The van der Waals surface area contributed by atoms with Crippen LogP contribution < -0.4 is 0 Å². The topological polar surface area (TPSA) is 58.9 Å². The van der Waals surface area contributed by atoms with Crippen molar-refractivity contribution in [3.8, 4) is 0 Å². The van der Waals surface area contributed by atoms with Crippen LogP contribution in [0.1, 0.15) is 54.4 Å². The lowest BCUT2D eigenvalue weighted by molar-refractivity contribution is 0.00578. The fourth-order valence-electron chi connectivity index (χ4n) is 1.74. The van der Waals surface area contributed by atoms with Crippen molar-refractivity contribution in [2.75, 3.05) is 0 Å². The van der Waals surface area contributed by atoms with E-state index in [1.165, 1.54) is 0 Å². The molecule has 0 bridgehead atoms. The molecule has 108 valence electrons. The molecular weight excluding hydrogens is 243 g/mol. The molecule has 0 radical (unpaired) electrons. The molecule has 1 aliphatic rings. The van der Waals surface area contributed by atoms with Gasteiger partial charge in [0.25, 0.3) is 0 Å². The van der Waals surface area contributed by atoms with Crippen LogP contribution in [0.4, 0.5) is 0 Å². The lowest BCUT2D eigenvalue weighted by atomic mass is 9.76. The van der Waals surface area contributed by atoms with Gasteiger partial charge >= 0.3 is 7.12 Å². The van der Waals surface area contributed by atoms with Crippen LogP contribution in [-0.4, -0.2) is 28.5 Å². The van der Waals surface area contributed by atoms with E-state index in [1.54, 1.807) is 6.08 Å². The second-order valence-electron chi connectivity index (χ2n) is 5.83. The van der Waals surface area contributed by atoms with Crippen molar-refractivity contribution in [1.82, 2.24) is 0 Å². The molecule has 0 spiro atoms. The maximum absolute atomic E-state index is 10.0. The van der Waals surface area contributed by atoms with Gasteiger partial charge in [0.15, 0.2) is 0 Å². The minimum absolute atomic E-state index is 0.179. The van der Waals surface area contributed by atoms with E-state index < -0.39 is 18.3 Å².